The molecule has 0 aromatic rings. The van der Waals surface area contributed by atoms with Gasteiger partial charge >= 0.3 is 0 Å². The van der Waals surface area contributed by atoms with Crippen molar-refractivity contribution < 1.29 is 64.6 Å². The van der Waals surface area contributed by atoms with E-state index in [0.29, 0.717) is 12.8 Å². The van der Waals surface area contributed by atoms with Crippen LogP contribution in [0.4, 0.5) is 0 Å². The Bertz CT molecular complexity index is 1170. The van der Waals surface area contributed by atoms with Crippen LogP contribution in [0.15, 0.2) is 36.5 Å². The summed E-state index contributed by atoms with van der Waals surface area (Å²) in [5.74, 6) is -0.257. The first-order chi connectivity index (χ1) is 29.6. The fourth-order valence-corrected chi connectivity index (χ4v) is 7.61. The molecule has 2 heterocycles. The van der Waals surface area contributed by atoms with Crippen molar-refractivity contribution in [3.05, 3.63) is 36.5 Å². The van der Waals surface area contributed by atoms with Crippen LogP contribution in [0.2, 0.25) is 0 Å². The molecule has 9 N–H and O–H groups in total. The Morgan fingerprint density at radius 2 is 1.05 bits per heavy atom. The number of hydrogen-bond acceptors (Lipinski definition) is 13. The number of rotatable bonds is 35. The predicted molar refractivity (Wildman–Crippen MR) is 235 cm³/mol. The summed E-state index contributed by atoms with van der Waals surface area (Å²) in [4.78, 5) is 13.1. The zero-order valence-corrected chi connectivity index (χ0v) is 37.4. The Labute approximate surface area is 366 Å². The molecule has 2 aliphatic heterocycles. The van der Waals surface area contributed by atoms with Crippen molar-refractivity contribution in [2.75, 3.05) is 19.8 Å². The molecule has 14 heteroatoms. The molecule has 2 saturated heterocycles. The molecule has 0 bridgehead atoms. The number of allylic oxidation sites excluding steroid dienone is 5. The summed E-state index contributed by atoms with van der Waals surface area (Å²) in [6, 6.07) is -0.932. The number of nitrogens with one attached hydrogen (secondary N) is 1. The first-order valence-corrected chi connectivity index (χ1v) is 23.7. The summed E-state index contributed by atoms with van der Waals surface area (Å²) >= 11 is 0. The third-order valence-corrected chi connectivity index (χ3v) is 11.6. The van der Waals surface area contributed by atoms with E-state index < -0.39 is 86.8 Å². The topological polar surface area (TPSA) is 228 Å². The van der Waals surface area contributed by atoms with Crippen LogP contribution in [0.3, 0.4) is 0 Å². The maximum Gasteiger partial charge on any atom is 0.220 e. The lowest BCUT2D eigenvalue weighted by molar-refractivity contribution is -0.359. The SMILES string of the molecule is CCCCCCC/C=C/CC/C=C/CC/C=C/C(O)C(COC1OC(CO)C(OC2OC(CO)C(O)C(O)C2O)C(O)C1O)NC(=O)CCCCCCCCCCCCCC. The minimum Gasteiger partial charge on any atom is -0.394 e. The molecule has 2 aliphatic rings. The molecule has 12 unspecified atom stereocenters. The largest absolute Gasteiger partial charge is 0.394 e. The number of unbranched alkanes of at least 4 members (excludes halogenated alkanes) is 18. The van der Waals surface area contributed by atoms with Crippen LogP contribution in [-0.4, -0.2) is 140 Å². The number of hydrogen-bond donors (Lipinski definition) is 9. The molecular weight excluding hydrogens is 787 g/mol. The van der Waals surface area contributed by atoms with Gasteiger partial charge < -0.3 is 65.1 Å². The normalized spacial score (nSPS) is 28.3. The highest BCUT2D eigenvalue weighted by atomic mass is 16.7. The second-order valence-corrected chi connectivity index (χ2v) is 16.9. The van der Waals surface area contributed by atoms with Gasteiger partial charge in [0, 0.05) is 6.42 Å². The van der Waals surface area contributed by atoms with E-state index in [4.69, 9.17) is 18.9 Å². The third-order valence-electron chi connectivity index (χ3n) is 11.6. The van der Waals surface area contributed by atoms with Gasteiger partial charge in [-0.2, -0.15) is 0 Å². The molecule has 12 atom stereocenters. The van der Waals surface area contributed by atoms with Gasteiger partial charge in [0.25, 0.3) is 0 Å². The van der Waals surface area contributed by atoms with Crippen LogP contribution in [0.1, 0.15) is 162 Å². The van der Waals surface area contributed by atoms with Gasteiger partial charge in [0.2, 0.25) is 5.91 Å². The van der Waals surface area contributed by atoms with Crippen molar-refractivity contribution in [1.82, 2.24) is 5.32 Å². The fraction of sp³-hybridized carbons (Fsp3) is 0.851. The van der Waals surface area contributed by atoms with E-state index in [9.17, 15) is 45.6 Å². The molecule has 0 aliphatic carbocycles. The molecule has 0 saturated carbocycles. The zero-order valence-electron chi connectivity index (χ0n) is 37.4. The molecule has 61 heavy (non-hydrogen) atoms. The van der Waals surface area contributed by atoms with E-state index >= 15 is 0 Å². The molecule has 1 amide bonds. The van der Waals surface area contributed by atoms with E-state index in [0.717, 1.165) is 44.9 Å². The van der Waals surface area contributed by atoms with Gasteiger partial charge in [-0.05, 0) is 44.9 Å². The van der Waals surface area contributed by atoms with Crippen molar-refractivity contribution >= 4 is 5.91 Å². The summed E-state index contributed by atoms with van der Waals surface area (Å²) in [5, 5.41) is 86.5. The molecule has 356 valence electrons. The maximum absolute atomic E-state index is 13.1. The van der Waals surface area contributed by atoms with Crippen LogP contribution in [0.25, 0.3) is 0 Å². The Morgan fingerprint density at radius 1 is 0.574 bits per heavy atom. The molecule has 0 radical (unpaired) electrons. The number of aliphatic hydroxyl groups is 8. The zero-order chi connectivity index (χ0) is 44.7. The van der Waals surface area contributed by atoms with Crippen molar-refractivity contribution in [1.29, 1.82) is 0 Å². The first-order valence-electron chi connectivity index (χ1n) is 23.7. The molecule has 0 aromatic carbocycles. The van der Waals surface area contributed by atoms with Crippen LogP contribution < -0.4 is 5.32 Å². The number of carbonyl (C=O) groups excluding carboxylic acids is 1. The minimum absolute atomic E-state index is 0.257. The molecule has 2 rings (SSSR count). The average Bonchev–Trinajstić information content (AvgIpc) is 3.26. The lowest BCUT2D eigenvalue weighted by atomic mass is 9.97. The van der Waals surface area contributed by atoms with Gasteiger partial charge in [0.15, 0.2) is 12.6 Å². The highest BCUT2D eigenvalue weighted by molar-refractivity contribution is 5.76. The summed E-state index contributed by atoms with van der Waals surface area (Å²) in [7, 11) is 0. The van der Waals surface area contributed by atoms with E-state index in [1.165, 1.54) is 83.5 Å². The number of amides is 1. The molecule has 0 aromatic heterocycles. The lowest BCUT2D eigenvalue weighted by Crippen LogP contribution is -2.65. The summed E-state index contributed by atoms with van der Waals surface area (Å²) in [5.41, 5.74) is 0. The molecule has 2 fully saturated rings. The third kappa shape index (κ3) is 22.6. The Hall–Kier alpha value is -1.79. The fourth-order valence-electron chi connectivity index (χ4n) is 7.61. The minimum atomic E-state index is -1.79. The predicted octanol–water partition coefficient (Wildman–Crippen LogP) is 5.15. The van der Waals surface area contributed by atoms with E-state index in [1.54, 1.807) is 6.08 Å². The standard InChI is InChI=1S/C47H85NO13/c1-3-5-7-9-11-13-15-17-18-19-20-22-24-26-28-30-36(51)35(48-39(52)31-29-27-25-23-21-16-14-12-10-8-6-4-2)34-58-46-44(57)42(55)45(38(33-50)60-46)61-47-43(56)41(54)40(53)37(32-49)59-47/h15,17,20,22,28,30,35-38,40-47,49-51,53-57H,3-14,16,18-19,21,23-27,29,31-34H2,1-2H3,(H,48,52)/b17-15+,22-20+,30-28+. The van der Waals surface area contributed by atoms with Crippen molar-refractivity contribution in [2.45, 2.75) is 235 Å². The van der Waals surface area contributed by atoms with E-state index in [1.807, 2.05) is 6.08 Å². The van der Waals surface area contributed by atoms with Crippen LogP contribution in [0, 0.1) is 0 Å². The van der Waals surface area contributed by atoms with Gasteiger partial charge in [-0.1, -0.05) is 147 Å². The molecule has 14 nitrogen and oxygen atoms in total. The maximum atomic E-state index is 13.1. The quantitative estimate of drug-likeness (QED) is 0.0297. The number of carbonyl (C=O) groups is 1. The number of aliphatic hydroxyl groups excluding tert-OH is 8. The first kappa shape index (κ1) is 55.3. The second-order valence-electron chi connectivity index (χ2n) is 16.9. The Kier molecular flexibility index (Phi) is 31.4. The smallest absolute Gasteiger partial charge is 0.220 e. The van der Waals surface area contributed by atoms with Gasteiger partial charge in [0.1, 0.15) is 48.8 Å². The highest BCUT2D eigenvalue weighted by Crippen LogP contribution is 2.30. The Balaban J connectivity index is 1.92. The van der Waals surface area contributed by atoms with Crippen LogP contribution in [-0.2, 0) is 23.7 Å². The van der Waals surface area contributed by atoms with E-state index in [2.05, 4.69) is 43.5 Å². The summed E-state index contributed by atoms with van der Waals surface area (Å²) in [6.45, 7) is 2.71. The van der Waals surface area contributed by atoms with Crippen LogP contribution >= 0.6 is 0 Å². The van der Waals surface area contributed by atoms with E-state index in [-0.39, 0.29) is 18.9 Å². The highest BCUT2D eigenvalue weighted by Gasteiger charge is 2.50. The van der Waals surface area contributed by atoms with Gasteiger partial charge in [-0.25, -0.2) is 0 Å². The van der Waals surface area contributed by atoms with Gasteiger partial charge in [0.05, 0.1) is 32.0 Å². The summed E-state index contributed by atoms with van der Waals surface area (Å²) < 4.78 is 22.6. The number of ether oxygens (including phenoxy) is 4. The molecular formula is C47H85NO13. The monoisotopic (exact) mass is 872 g/mol. The Morgan fingerprint density at radius 3 is 1.61 bits per heavy atom. The van der Waals surface area contributed by atoms with Gasteiger partial charge in [-0.3, -0.25) is 4.79 Å². The van der Waals surface area contributed by atoms with Gasteiger partial charge in [-0.15, -0.1) is 0 Å². The lowest BCUT2D eigenvalue weighted by Gasteiger charge is -2.46. The molecule has 0 spiro atoms. The van der Waals surface area contributed by atoms with Crippen LogP contribution in [0.5, 0.6) is 0 Å². The van der Waals surface area contributed by atoms with Crippen molar-refractivity contribution in [3.8, 4) is 0 Å². The van der Waals surface area contributed by atoms with Crippen molar-refractivity contribution in [2.24, 2.45) is 0 Å². The summed E-state index contributed by atoms with van der Waals surface area (Å²) in [6.07, 6.45) is 20.5. The average molecular weight is 872 g/mol. The van der Waals surface area contributed by atoms with Crippen molar-refractivity contribution in [3.63, 3.8) is 0 Å². The second kappa shape index (κ2) is 34.6.